The second kappa shape index (κ2) is 8.66. The Morgan fingerprint density at radius 3 is 2.08 bits per heavy atom. The molecule has 0 aliphatic rings. The molecule has 0 heterocycles. The maximum absolute atomic E-state index is 11.1. The van der Waals surface area contributed by atoms with Gasteiger partial charge < -0.3 is 9.47 Å². The van der Waals surface area contributed by atoms with Crippen LogP contribution in [-0.2, 0) is 20.3 Å². The van der Waals surface area contributed by atoms with E-state index < -0.39 is 10.8 Å². The first-order chi connectivity index (χ1) is 6.24. The largest absolute Gasteiger partial charge is 0.353 e. The fraction of sp³-hybridized carbons (Fsp3) is 1.00. The molecule has 1 unspecified atom stereocenters. The molecule has 0 amide bonds. The molecule has 0 saturated carbocycles. The Bertz CT molecular complexity index is 133. The van der Waals surface area contributed by atoms with Gasteiger partial charge in [-0.2, -0.15) is 0 Å². The molecule has 13 heavy (non-hydrogen) atoms. The summed E-state index contributed by atoms with van der Waals surface area (Å²) in [6, 6.07) is 0. The predicted octanol–water partition coefficient (Wildman–Crippen LogP) is 1.54. The van der Waals surface area contributed by atoms with Crippen molar-refractivity contribution in [2.75, 3.05) is 24.7 Å². The van der Waals surface area contributed by atoms with Crippen LogP contribution in [-0.4, -0.2) is 35.2 Å². The first kappa shape index (κ1) is 13.1. The van der Waals surface area contributed by atoms with Crippen LogP contribution < -0.4 is 0 Å². The first-order valence-electron chi connectivity index (χ1n) is 4.82. The lowest BCUT2D eigenvalue weighted by Crippen LogP contribution is -2.20. The van der Waals surface area contributed by atoms with Crippen LogP contribution in [0.1, 0.15) is 27.2 Å². The lowest BCUT2D eigenvalue weighted by Gasteiger charge is -2.16. The van der Waals surface area contributed by atoms with Gasteiger partial charge in [0.2, 0.25) is 0 Å². The van der Waals surface area contributed by atoms with E-state index in [1.165, 1.54) is 0 Å². The zero-order valence-electron chi connectivity index (χ0n) is 8.75. The highest BCUT2D eigenvalue weighted by molar-refractivity contribution is 7.84. The third-order valence-corrected chi connectivity index (χ3v) is 2.94. The summed E-state index contributed by atoms with van der Waals surface area (Å²) < 4.78 is 21.8. The molecule has 0 aromatic carbocycles. The summed E-state index contributed by atoms with van der Waals surface area (Å²) in [5, 5.41) is 0. The Morgan fingerprint density at radius 2 is 1.69 bits per heavy atom. The number of hydrogen-bond donors (Lipinski definition) is 0. The number of rotatable bonds is 8. The van der Waals surface area contributed by atoms with Crippen LogP contribution in [0.4, 0.5) is 0 Å². The lowest BCUT2D eigenvalue weighted by atomic mass is 10.5. The van der Waals surface area contributed by atoms with Gasteiger partial charge in [-0.15, -0.1) is 0 Å². The second-order valence-electron chi connectivity index (χ2n) is 2.56. The second-order valence-corrected chi connectivity index (χ2v) is 4.43. The van der Waals surface area contributed by atoms with E-state index in [-0.39, 0.29) is 6.29 Å². The zero-order chi connectivity index (χ0) is 10.1. The number of ether oxygens (including phenoxy) is 2. The van der Waals surface area contributed by atoms with Gasteiger partial charge in [-0.25, -0.2) is 0 Å². The molecular formula is C9H20O3S. The molecule has 0 spiro atoms. The van der Waals surface area contributed by atoms with E-state index in [9.17, 15) is 4.21 Å². The van der Waals surface area contributed by atoms with E-state index in [0.717, 1.165) is 6.42 Å². The molecular weight excluding hydrogens is 188 g/mol. The van der Waals surface area contributed by atoms with E-state index in [1.807, 2.05) is 20.8 Å². The molecule has 4 heteroatoms. The molecule has 0 aliphatic carbocycles. The van der Waals surface area contributed by atoms with Crippen molar-refractivity contribution in [3.8, 4) is 0 Å². The zero-order valence-corrected chi connectivity index (χ0v) is 9.56. The maximum Gasteiger partial charge on any atom is 0.158 e. The number of hydrogen-bond acceptors (Lipinski definition) is 3. The van der Waals surface area contributed by atoms with Gasteiger partial charge in [0.05, 0.1) is 0 Å². The Morgan fingerprint density at radius 1 is 1.15 bits per heavy atom. The normalized spacial score (nSPS) is 13.5. The van der Waals surface area contributed by atoms with Crippen molar-refractivity contribution in [3.63, 3.8) is 0 Å². The van der Waals surface area contributed by atoms with Crippen LogP contribution in [0.25, 0.3) is 0 Å². The van der Waals surface area contributed by atoms with Crippen LogP contribution in [0, 0.1) is 0 Å². The van der Waals surface area contributed by atoms with E-state index in [2.05, 4.69) is 0 Å². The van der Waals surface area contributed by atoms with Crippen molar-refractivity contribution < 1.29 is 13.7 Å². The van der Waals surface area contributed by atoms with Gasteiger partial charge in [-0.1, -0.05) is 6.92 Å². The predicted molar refractivity (Wildman–Crippen MR) is 55.2 cm³/mol. The summed E-state index contributed by atoms with van der Waals surface area (Å²) in [5.74, 6) is 1.38. The fourth-order valence-electron chi connectivity index (χ4n) is 0.959. The Kier molecular flexibility index (Phi) is 8.71. The molecule has 0 radical (unpaired) electrons. The van der Waals surface area contributed by atoms with Crippen molar-refractivity contribution in [1.29, 1.82) is 0 Å². The highest BCUT2D eigenvalue weighted by Gasteiger charge is 2.08. The van der Waals surface area contributed by atoms with Crippen molar-refractivity contribution in [3.05, 3.63) is 0 Å². The van der Waals surface area contributed by atoms with Gasteiger partial charge in [-0.05, 0) is 13.8 Å². The van der Waals surface area contributed by atoms with Crippen molar-refractivity contribution in [2.45, 2.75) is 33.5 Å². The minimum absolute atomic E-state index is 0.175. The fourth-order valence-corrected chi connectivity index (χ4v) is 1.70. The summed E-state index contributed by atoms with van der Waals surface area (Å²) in [6.45, 7) is 7.07. The van der Waals surface area contributed by atoms with Gasteiger partial charge >= 0.3 is 0 Å². The standard InChI is InChI=1S/C9H20O3S/c1-4-11-9(12-5-2)7-8-13(10)6-3/h9H,4-8H2,1-3H3. The highest BCUT2D eigenvalue weighted by atomic mass is 32.2. The third-order valence-electron chi connectivity index (χ3n) is 1.61. The summed E-state index contributed by atoms with van der Waals surface area (Å²) in [4.78, 5) is 0. The topological polar surface area (TPSA) is 35.5 Å². The molecule has 0 N–H and O–H groups in total. The summed E-state index contributed by atoms with van der Waals surface area (Å²) in [6.07, 6.45) is 0.549. The van der Waals surface area contributed by atoms with Crippen LogP contribution in [0.3, 0.4) is 0 Å². The minimum Gasteiger partial charge on any atom is -0.353 e. The Labute approximate surface area is 83.3 Å². The van der Waals surface area contributed by atoms with Gasteiger partial charge in [-0.3, -0.25) is 4.21 Å². The summed E-state index contributed by atoms with van der Waals surface area (Å²) in [7, 11) is -0.715. The minimum atomic E-state index is -0.715. The van der Waals surface area contributed by atoms with Crippen LogP contribution in [0.2, 0.25) is 0 Å². The summed E-state index contributed by atoms with van der Waals surface area (Å²) in [5.41, 5.74) is 0. The van der Waals surface area contributed by atoms with Crippen LogP contribution in [0.5, 0.6) is 0 Å². The van der Waals surface area contributed by atoms with Crippen molar-refractivity contribution in [2.24, 2.45) is 0 Å². The molecule has 1 atom stereocenters. The molecule has 0 rings (SSSR count). The molecule has 3 nitrogen and oxygen atoms in total. The van der Waals surface area contributed by atoms with Crippen molar-refractivity contribution >= 4 is 10.8 Å². The van der Waals surface area contributed by atoms with Gasteiger partial charge in [0.25, 0.3) is 0 Å². The van der Waals surface area contributed by atoms with E-state index in [1.54, 1.807) is 0 Å². The van der Waals surface area contributed by atoms with Crippen LogP contribution >= 0.6 is 0 Å². The van der Waals surface area contributed by atoms with E-state index >= 15 is 0 Å². The Balaban J connectivity index is 3.61. The van der Waals surface area contributed by atoms with Crippen molar-refractivity contribution in [1.82, 2.24) is 0 Å². The Hall–Kier alpha value is 0.0700. The van der Waals surface area contributed by atoms with Gasteiger partial charge in [0, 0.05) is 41.9 Å². The smallest absolute Gasteiger partial charge is 0.158 e. The molecule has 0 bridgehead atoms. The molecule has 0 aromatic heterocycles. The maximum atomic E-state index is 11.1. The molecule has 0 aliphatic heterocycles. The summed E-state index contributed by atoms with van der Waals surface area (Å²) >= 11 is 0. The van der Waals surface area contributed by atoms with Gasteiger partial charge in [0.15, 0.2) is 6.29 Å². The average Bonchev–Trinajstić information content (AvgIpc) is 2.14. The quantitative estimate of drug-likeness (QED) is 0.568. The third kappa shape index (κ3) is 7.16. The molecule has 0 aromatic rings. The first-order valence-corrected chi connectivity index (χ1v) is 6.31. The van der Waals surface area contributed by atoms with Gasteiger partial charge in [0.1, 0.15) is 0 Å². The van der Waals surface area contributed by atoms with Crippen LogP contribution in [0.15, 0.2) is 0 Å². The SMILES string of the molecule is CCOC(CCS(=O)CC)OCC. The average molecular weight is 208 g/mol. The molecule has 0 fully saturated rings. The molecule has 80 valence electrons. The van der Waals surface area contributed by atoms with E-state index in [4.69, 9.17) is 9.47 Å². The lowest BCUT2D eigenvalue weighted by molar-refractivity contribution is -0.136. The monoisotopic (exact) mass is 208 g/mol. The highest BCUT2D eigenvalue weighted by Crippen LogP contribution is 2.02. The molecule has 0 saturated heterocycles. The van der Waals surface area contributed by atoms with E-state index in [0.29, 0.717) is 24.7 Å².